The van der Waals surface area contributed by atoms with Gasteiger partial charge in [-0.15, -0.1) is 0 Å². The van der Waals surface area contributed by atoms with E-state index in [1.54, 1.807) is 12.1 Å². The lowest BCUT2D eigenvalue weighted by molar-refractivity contribution is 0.0697. The van der Waals surface area contributed by atoms with Crippen molar-refractivity contribution in [1.29, 1.82) is 0 Å². The zero-order valence-electron chi connectivity index (χ0n) is 9.22. The van der Waals surface area contributed by atoms with E-state index >= 15 is 0 Å². The van der Waals surface area contributed by atoms with Gasteiger partial charge < -0.3 is 10.0 Å². The molecule has 2 rings (SSSR count). The molecule has 1 aromatic rings. The molecule has 1 aliphatic heterocycles. The van der Waals surface area contributed by atoms with Crippen LogP contribution in [-0.4, -0.2) is 30.2 Å². The first-order valence-corrected chi connectivity index (χ1v) is 5.42. The smallest absolute Gasteiger partial charge is 0.337 e. The van der Waals surface area contributed by atoms with Crippen molar-refractivity contribution in [2.45, 2.75) is 12.8 Å². The Balaban J connectivity index is 2.43. The molecular weight excluding hydrogens is 220 g/mol. The third-order valence-electron chi connectivity index (χ3n) is 2.83. The standard InChI is InChI=1S/C12H12N2O3/c15-8-13-9-3-4-11(10(7-9)12(16)17)14-5-1-2-6-14/h3-4,7H,1-2,5-6H2,(H,16,17). The Labute approximate surface area is 98.4 Å². The summed E-state index contributed by atoms with van der Waals surface area (Å²) in [6, 6.07) is 4.73. The van der Waals surface area contributed by atoms with Gasteiger partial charge in [-0.05, 0) is 31.0 Å². The highest BCUT2D eigenvalue weighted by Gasteiger charge is 2.19. The van der Waals surface area contributed by atoms with Crippen LogP contribution in [0.2, 0.25) is 0 Å². The number of aliphatic imine (C=N–C) groups is 1. The van der Waals surface area contributed by atoms with E-state index < -0.39 is 5.97 Å². The molecule has 1 aliphatic rings. The highest BCUT2D eigenvalue weighted by atomic mass is 16.4. The van der Waals surface area contributed by atoms with E-state index in [1.165, 1.54) is 12.1 Å². The Morgan fingerprint density at radius 2 is 2.06 bits per heavy atom. The van der Waals surface area contributed by atoms with Gasteiger partial charge in [0.1, 0.15) is 0 Å². The molecule has 0 amide bonds. The summed E-state index contributed by atoms with van der Waals surface area (Å²) in [5.74, 6) is -1.00. The predicted octanol–water partition coefficient (Wildman–Crippen LogP) is 1.95. The molecule has 1 saturated heterocycles. The lowest BCUT2D eigenvalue weighted by Crippen LogP contribution is -2.20. The predicted molar refractivity (Wildman–Crippen MR) is 62.6 cm³/mol. The van der Waals surface area contributed by atoms with E-state index in [-0.39, 0.29) is 5.56 Å². The molecule has 1 N–H and O–H groups in total. The third-order valence-corrected chi connectivity index (χ3v) is 2.83. The lowest BCUT2D eigenvalue weighted by Gasteiger charge is -2.19. The maximum Gasteiger partial charge on any atom is 0.337 e. The van der Waals surface area contributed by atoms with Gasteiger partial charge in [-0.25, -0.2) is 9.59 Å². The number of anilines is 1. The quantitative estimate of drug-likeness (QED) is 0.638. The minimum absolute atomic E-state index is 0.184. The van der Waals surface area contributed by atoms with E-state index in [1.807, 2.05) is 4.90 Å². The van der Waals surface area contributed by atoms with Crippen LogP contribution >= 0.6 is 0 Å². The fraction of sp³-hybridized carbons (Fsp3) is 0.333. The monoisotopic (exact) mass is 232 g/mol. The van der Waals surface area contributed by atoms with Crippen molar-refractivity contribution < 1.29 is 14.7 Å². The number of aromatic carboxylic acids is 1. The molecule has 17 heavy (non-hydrogen) atoms. The van der Waals surface area contributed by atoms with Gasteiger partial charge in [0, 0.05) is 13.1 Å². The molecule has 5 heteroatoms. The Hall–Kier alpha value is -2.13. The van der Waals surface area contributed by atoms with E-state index in [0.717, 1.165) is 25.9 Å². The average Bonchev–Trinajstić information content (AvgIpc) is 2.82. The van der Waals surface area contributed by atoms with Gasteiger partial charge in [0.15, 0.2) is 0 Å². The van der Waals surface area contributed by atoms with Gasteiger partial charge in [-0.1, -0.05) is 0 Å². The fourth-order valence-electron chi connectivity index (χ4n) is 2.05. The molecule has 0 aliphatic carbocycles. The minimum atomic E-state index is -1.00. The number of hydrogen-bond acceptors (Lipinski definition) is 4. The van der Waals surface area contributed by atoms with Crippen LogP contribution in [0.25, 0.3) is 0 Å². The van der Waals surface area contributed by atoms with E-state index in [9.17, 15) is 9.59 Å². The van der Waals surface area contributed by atoms with Crippen molar-refractivity contribution in [3.63, 3.8) is 0 Å². The van der Waals surface area contributed by atoms with E-state index in [2.05, 4.69) is 4.99 Å². The van der Waals surface area contributed by atoms with Gasteiger partial charge in [-0.2, -0.15) is 4.99 Å². The van der Waals surface area contributed by atoms with Crippen molar-refractivity contribution in [3.05, 3.63) is 23.8 Å². The highest BCUT2D eigenvalue weighted by Crippen LogP contribution is 2.28. The summed E-state index contributed by atoms with van der Waals surface area (Å²) < 4.78 is 0. The van der Waals surface area contributed by atoms with Gasteiger partial charge >= 0.3 is 5.97 Å². The number of carbonyl (C=O) groups is 1. The van der Waals surface area contributed by atoms with Gasteiger partial charge in [0.05, 0.1) is 16.9 Å². The van der Waals surface area contributed by atoms with Crippen molar-refractivity contribution in [2.75, 3.05) is 18.0 Å². The zero-order chi connectivity index (χ0) is 12.3. The van der Waals surface area contributed by atoms with Gasteiger partial charge in [0.25, 0.3) is 0 Å². The van der Waals surface area contributed by atoms with Crippen LogP contribution < -0.4 is 4.90 Å². The summed E-state index contributed by atoms with van der Waals surface area (Å²) in [5.41, 5.74) is 1.20. The molecule has 1 heterocycles. The van der Waals surface area contributed by atoms with Crippen LogP contribution in [0.3, 0.4) is 0 Å². The lowest BCUT2D eigenvalue weighted by atomic mass is 10.1. The third kappa shape index (κ3) is 2.34. The molecular formula is C12H12N2O3. The molecule has 88 valence electrons. The molecule has 0 spiro atoms. The van der Waals surface area contributed by atoms with Crippen LogP contribution in [0, 0.1) is 0 Å². The first-order valence-electron chi connectivity index (χ1n) is 5.42. The molecule has 1 fully saturated rings. The van der Waals surface area contributed by atoms with E-state index in [0.29, 0.717) is 11.4 Å². The van der Waals surface area contributed by atoms with Crippen LogP contribution in [0.15, 0.2) is 23.2 Å². The van der Waals surface area contributed by atoms with Crippen molar-refractivity contribution in [1.82, 2.24) is 0 Å². The van der Waals surface area contributed by atoms with Crippen LogP contribution in [0.1, 0.15) is 23.2 Å². The normalized spacial score (nSPS) is 14.5. The molecule has 0 atom stereocenters. The fourth-order valence-corrected chi connectivity index (χ4v) is 2.05. The van der Waals surface area contributed by atoms with Crippen molar-refractivity contribution in [2.24, 2.45) is 4.99 Å². The van der Waals surface area contributed by atoms with Crippen LogP contribution in [0.5, 0.6) is 0 Å². The van der Waals surface area contributed by atoms with Gasteiger partial charge in [-0.3, -0.25) is 0 Å². The van der Waals surface area contributed by atoms with Crippen LogP contribution in [-0.2, 0) is 4.79 Å². The number of carbonyl (C=O) groups excluding carboxylic acids is 1. The van der Waals surface area contributed by atoms with Gasteiger partial charge in [0.2, 0.25) is 6.08 Å². The number of rotatable bonds is 3. The second-order valence-corrected chi connectivity index (χ2v) is 3.90. The maximum absolute atomic E-state index is 11.2. The summed E-state index contributed by atoms with van der Waals surface area (Å²) in [4.78, 5) is 26.8. The summed E-state index contributed by atoms with van der Waals surface area (Å²) >= 11 is 0. The molecule has 5 nitrogen and oxygen atoms in total. The summed E-state index contributed by atoms with van der Waals surface area (Å²) in [6.45, 7) is 1.74. The SMILES string of the molecule is O=C=Nc1ccc(N2CCCC2)c(C(=O)O)c1. The van der Waals surface area contributed by atoms with Crippen molar-refractivity contribution in [3.8, 4) is 0 Å². The molecule has 0 aromatic heterocycles. The molecule has 0 saturated carbocycles. The Bertz CT molecular complexity index is 487. The largest absolute Gasteiger partial charge is 0.478 e. The number of benzene rings is 1. The topological polar surface area (TPSA) is 70.0 Å². The number of carboxylic acids is 1. The summed E-state index contributed by atoms with van der Waals surface area (Å²) in [7, 11) is 0. The second kappa shape index (κ2) is 4.80. The number of isocyanates is 1. The Morgan fingerprint density at radius 1 is 1.35 bits per heavy atom. The summed E-state index contributed by atoms with van der Waals surface area (Å²) in [6.07, 6.45) is 3.56. The highest BCUT2D eigenvalue weighted by molar-refractivity contribution is 5.95. The number of carboxylic acid groups (broad SMARTS) is 1. The Morgan fingerprint density at radius 3 is 2.65 bits per heavy atom. The average molecular weight is 232 g/mol. The number of nitrogens with zero attached hydrogens (tertiary/aromatic N) is 2. The molecule has 0 unspecified atom stereocenters. The summed E-state index contributed by atoms with van der Waals surface area (Å²) in [5, 5.41) is 9.15. The molecule has 0 bridgehead atoms. The maximum atomic E-state index is 11.2. The second-order valence-electron chi connectivity index (χ2n) is 3.90. The Kier molecular flexibility index (Phi) is 3.21. The van der Waals surface area contributed by atoms with Crippen LogP contribution in [0.4, 0.5) is 11.4 Å². The number of hydrogen-bond donors (Lipinski definition) is 1. The molecule has 1 aromatic carbocycles. The first kappa shape index (κ1) is 11.4. The molecule has 0 radical (unpaired) electrons. The van der Waals surface area contributed by atoms with E-state index in [4.69, 9.17) is 5.11 Å². The first-order chi connectivity index (χ1) is 8.22. The minimum Gasteiger partial charge on any atom is -0.478 e. The van der Waals surface area contributed by atoms with Crippen molar-refractivity contribution >= 4 is 23.4 Å². The zero-order valence-corrected chi connectivity index (χ0v) is 9.22.